The number of carbonyl (C=O) groups is 2. The van der Waals surface area contributed by atoms with Crippen molar-refractivity contribution in [3.63, 3.8) is 0 Å². The van der Waals surface area contributed by atoms with Crippen molar-refractivity contribution in [1.82, 2.24) is 0 Å². The Labute approximate surface area is 115 Å². The summed E-state index contributed by atoms with van der Waals surface area (Å²) in [5.74, 6) is -1.92. The van der Waals surface area contributed by atoms with E-state index in [0.717, 1.165) is 6.08 Å². The summed E-state index contributed by atoms with van der Waals surface area (Å²) in [5.41, 5.74) is 0.176. The van der Waals surface area contributed by atoms with Gasteiger partial charge in [-0.05, 0) is 6.92 Å². The molecule has 0 saturated heterocycles. The number of hydrogen-bond donors (Lipinski definition) is 2. The van der Waals surface area contributed by atoms with Gasteiger partial charge in [-0.25, -0.2) is 9.59 Å². The van der Waals surface area contributed by atoms with Crippen LogP contribution in [-0.4, -0.2) is 22.2 Å². The van der Waals surface area contributed by atoms with Crippen molar-refractivity contribution >= 4 is 11.9 Å². The molecule has 0 aliphatic rings. The molecule has 0 aliphatic heterocycles. The van der Waals surface area contributed by atoms with Gasteiger partial charge in [-0.1, -0.05) is 13.2 Å². The molecule has 5 heteroatoms. The maximum absolute atomic E-state index is 9.60. The van der Waals surface area contributed by atoms with Crippen LogP contribution in [0.4, 0.5) is 0 Å². The third-order valence-electron chi connectivity index (χ3n) is 0.540. The van der Waals surface area contributed by atoms with E-state index in [1.165, 1.54) is 6.92 Å². The van der Waals surface area contributed by atoms with Crippen LogP contribution in [0, 0.1) is 0 Å². The Balaban J connectivity index is -0.0000000546. The predicted molar refractivity (Wildman–Crippen MR) is 41.4 cm³/mol. The molecule has 0 radical (unpaired) electrons. The Morgan fingerprint density at radius 2 is 1.58 bits per heavy atom. The van der Waals surface area contributed by atoms with Gasteiger partial charge < -0.3 is 11.6 Å². The molecule has 0 atom stereocenters. The third-order valence-corrected chi connectivity index (χ3v) is 0.540. The van der Waals surface area contributed by atoms with Crippen LogP contribution in [0.2, 0.25) is 0 Å². The Morgan fingerprint density at radius 3 is 1.58 bits per heavy atom. The van der Waals surface area contributed by atoms with E-state index >= 15 is 0 Å². The normalized spacial score (nSPS) is 6.42. The zero-order valence-corrected chi connectivity index (χ0v) is 10.3. The molecule has 0 heterocycles. The minimum absolute atomic E-state index is 0. The van der Waals surface area contributed by atoms with Crippen LogP contribution in [0.15, 0.2) is 24.8 Å². The van der Waals surface area contributed by atoms with E-state index in [1.807, 2.05) is 0 Å². The maximum atomic E-state index is 9.60. The quantitative estimate of drug-likeness (QED) is 0.398. The van der Waals surface area contributed by atoms with Gasteiger partial charge in [0.2, 0.25) is 0 Å². The molecule has 0 unspecified atom stereocenters. The minimum Gasteiger partial charge on any atom is -1.00 e. The smallest absolute Gasteiger partial charge is 1.00 e. The third kappa shape index (κ3) is 22.5. The van der Waals surface area contributed by atoms with Crippen molar-refractivity contribution in [2.75, 3.05) is 0 Å². The molecular weight excluding hydrogens is 187 g/mol. The second-order valence-electron chi connectivity index (χ2n) is 1.63. The molecule has 12 heavy (non-hydrogen) atoms. The summed E-state index contributed by atoms with van der Waals surface area (Å²) in [5, 5.41) is 15.5. The van der Waals surface area contributed by atoms with Crippen LogP contribution in [0.5, 0.6) is 0 Å². The molecule has 0 aromatic heterocycles. The number of rotatable bonds is 2. The first-order chi connectivity index (χ1) is 4.91. The van der Waals surface area contributed by atoms with Gasteiger partial charge in [0.1, 0.15) is 0 Å². The van der Waals surface area contributed by atoms with E-state index in [2.05, 4.69) is 13.2 Å². The van der Waals surface area contributed by atoms with Gasteiger partial charge in [-0.15, -0.1) is 0 Å². The average molecular weight is 198 g/mol. The van der Waals surface area contributed by atoms with Gasteiger partial charge in [0.25, 0.3) is 0 Å². The van der Waals surface area contributed by atoms with Crippen LogP contribution >= 0.6 is 0 Å². The molecule has 0 aromatic carbocycles. The molecule has 0 bridgehead atoms. The molecule has 0 fully saturated rings. The van der Waals surface area contributed by atoms with E-state index < -0.39 is 11.9 Å². The Bertz CT molecular complexity index is 179. The fourth-order valence-electron chi connectivity index (χ4n) is 0. The fourth-order valence-corrected chi connectivity index (χ4v) is 0. The second kappa shape index (κ2) is 11.1. The van der Waals surface area contributed by atoms with Gasteiger partial charge in [-0.3, -0.25) is 0 Å². The van der Waals surface area contributed by atoms with Gasteiger partial charge in [0.15, 0.2) is 0 Å². The van der Waals surface area contributed by atoms with Gasteiger partial charge >= 0.3 is 63.3 Å². The van der Waals surface area contributed by atoms with E-state index in [0.29, 0.717) is 0 Å². The van der Waals surface area contributed by atoms with Crippen molar-refractivity contribution in [1.29, 1.82) is 0 Å². The first kappa shape index (κ1) is 18.0. The monoisotopic (exact) mass is 198 g/mol. The van der Waals surface area contributed by atoms with Crippen LogP contribution in [-0.2, 0) is 9.59 Å². The largest absolute Gasteiger partial charge is 1.00 e. The topological polar surface area (TPSA) is 74.6 Å². The van der Waals surface area contributed by atoms with Crippen molar-refractivity contribution in [2.45, 2.75) is 6.92 Å². The van der Waals surface area contributed by atoms with Crippen molar-refractivity contribution in [3.05, 3.63) is 24.8 Å². The fraction of sp³-hybridized carbons (Fsp3) is 0.143. The van der Waals surface area contributed by atoms with Crippen LogP contribution in [0.3, 0.4) is 0 Å². The molecule has 4 nitrogen and oxygen atoms in total. The van der Waals surface area contributed by atoms with E-state index in [9.17, 15) is 9.59 Å². The first-order valence-electron chi connectivity index (χ1n) is 2.66. The van der Waals surface area contributed by atoms with Crippen molar-refractivity contribution < 1.29 is 72.6 Å². The Morgan fingerprint density at radius 1 is 1.42 bits per heavy atom. The molecule has 0 amide bonds. The summed E-state index contributed by atoms with van der Waals surface area (Å²) >= 11 is 0. The van der Waals surface area contributed by atoms with Gasteiger partial charge in [-0.2, -0.15) is 0 Å². The molecule has 2 N–H and O–H groups in total. The van der Waals surface area contributed by atoms with Crippen molar-refractivity contribution in [2.24, 2.45) is 0 Å². The summed E-state index contributed by atoms with van der Waals surface area (Å²) in [7, 11) is 0. The summed E-state index contributed by atoms with van der Waals surface area (Å²) < 4.78 is 0. The molecule has 0 rings (SSSR count). The molecule has 0 aromatic rings. The first-order valence-corrected chi connectivity index (χ1v) is 2.66. The molecule has 0 saturated carbocycles. The zero-order valence-electron chi connectivity index (χ0n) is 8.20. The van der Waals surface area contributed by atoms with Crippen molar-refractivity contribution in [3.8, 4) is 0 Å². The number of carboxylic acid groups (broad SMARTS) is 2. The summed E-state index contributed by atoms with van der Waals surface area (Å²) in [6, 6.07) is 0. The average Bonchev–Trinajstić information content (AvgIpc) is 1.89. The summed E-state index contributed by atoms with van der Waals surface area (Å²) in [6.07, 6.45) is 0.833. The Kier molecular flexibility index (Phi) is 16.6. The van der Waals surface area contributed by atoms with Crippen LogP contribution in [0.1, 0.15) is 8.35 Å². The summed E-state index contributed by atoms with van der Waals surface area (Å²) in [4.78, 5) is 18.8. The number of aliphatic carboxylic acids is 2. The summed E-state index contributed by atoms with van der Waals surface area (Å²) in [6.45, 7) is 7.56. The standard InChI is InChI=1S/C4H6O2.C3H4O2.K.H/c1-3(2)4(5)6;1-2-3(4)5;;/h1H2,2H3,(H,5,6);2H,1H2,(H,4,5);;/q;;+1;-1. The Hall–Kier alpha value is 0.0564. The van der Waals surface area contributed by atoms with Crippen LogP contribution < -0.4 is 51.4 Å². The van der Waals surface area contributed by atoms with E-state index in [1.54, 1.807) is 0 Å². The number of carboxylic acids is 2. The van der Waals surface area contributed by atoms with E-state index in [-0.39, 0.29) is 58.4 Å². The molecule has 64 valence electrons. The SMILES string of the molecule is C=C(C)C(=O)O.C=CC(=O)O.[H-].[K+]. The molecule has 0 spiro atoms. The van der Waals surface area contributed by atoms with Gasteiger partial charge in [0, 0.05) is 11.6 Å². The molecular formula is C7H11KO4. The zero-order chi connectivity index (χ0) is 9.44. The van der Waals surface area contributed by atoms with Crippen LogP contribution in [0.25, 0.3) is 0 Å². The second-order valence-corrected chi connectivity index (χ2v) is 1.63. The molecule has 0 aliphatic carbocycles. The van der Waals surface area contributed by atoms with Gasteiger partial charge in [0.05, 0.1) is 0 Å². The minimum atomic E-state index is -0.981. The maximum Gasteiger partial charge on any atom is 1.00 e. The predicted octanol–water partition coefficient (Wildman–Crippen LogP) is -1.98. The number of hydrogen-bond acceptors (Lipinski definition) is 2. The van der Waals surface area contributed by atoms with E-state index in [4.69, 9.17) is 10.2 Å².